The van der Waals surface area contributed by atoms with Gasteiger partial charge in [-0.1, -0.05) is 189 Å². The van der Waals surface area contributed by atoms with E-state index in [9.17, 15) is 0 Å². The molecule has 69 heavy (non-hydrogen) atoms. The molecule has 0 spiro atoms. The zero-order valence-electron chi connectivity index (χ0n) is 38.1. The SMILES string of the molecule is C[Si]1(C)c2cc(-n3c4ccccc4n4c5ccccc5nc34)ccc2Oc2c1cccc2[Si](c1ccccc1)(c1ccccc1)c1ccc2c(c1)-c1ccccc1-c1ccccc1-c1cccnc1-2. The molecular formula is C62H44N4OSi2. The highest BCUT2D eigenvalue weighted by molar-refractivity contribution is 7.20. The van der Waals surface area contributed by atoms with Gasteiger partial charge in [-0.3, -0.25) is 14.0 Å². The first-order valence-corrected chi connectivity index (χ1v) is 28.7. The van der Waals surface area contributed by atoms with E-state index < -0.39 is 16.1 Å². The third kappa shape index (κ3) is 5.69. The van der Waals surface area contributed by atoms with Crippen LogP contribution in [0.25, 0.3) is 78.2 Å². The lowest BCUT2D eigenvalue weighted by atomic mass is 9.83. The fraction of sp³-hybridized carbons (Fsp3) is 0.0323. The Morgan fingerprint density at radius 1 is 0.449 bits per heavy atom. The number of fused-ring (bicyclic) bond motifs is 15. The fourth-order valence-corrected chi connectivity index (χ4v) is 19.6. The molecule has 14 rings (SSSR count). The molecule has 0 saturated carbocycles. The van der Waals surface area contributed by atoms with Crippen LogP contribution in [0.3, 0.4) is 0 Å². The minimum atomic E-state index is -3.21. The summed E-state index contributed by atoms with van der Waals surface area (Å²) in [5.41, 5.74) is 14.7. The summed E-state index contributed by atoms with van der Waals surface area (Å²) in [5, 5.41) is 7.70. The van der Waals surface area contributed by atoms with Crippen LogP contribution in [-0.4, -0.2) is 35.1 Å². The van der Waals surface area contributed by atoms with Gasteiger partial charge in [0, 0.05) is 23.0 Å². The van der Waals surface area contributed by atoms with Crippen LogP contribution in [0, 0.1) is 0 Å². The van der Waals surface area contributed by atoms with E-state index in [4.69, 9.17) is 14.7 Å². The highest BCUT2D eigenvalue weighted by atomic mass is 28.3. The molecule has 0 atom stereocenters. The van der Waals surface area contributed by atoms with Gasteiger partial charge < -0.3 is 4.74 Å². The van der Waals surface area contributed by atoms with Crippen LogP contribution in [0.15, 0.2) is 231 Å². The third-order valence-electron chi connectivity index (χ3n) is 15.0. The average Bonchev–Trinajstić information content (AvgIpc) is 3.94. The number of rotatable bonds is 5. The van der Waals surface area contributed by atoms with Gasteiger partial charge in [-0.2, -0.15) is 0 Å². The second-order valence-corrected chi connectivity index (χ2v) is 27.0. The summed E-state index contributed by atoms with van der Waals surface area (Å²) in [4.78, 5) is 10.4. The minimum Gasteiger partial charge on any atom is -0.458 e. The average molecular weight is 917 g/mol. The maximum atomic E-state index is 7.53. The second kappa shape index (κ2) is 15.1. The van der Waals surface area contributed by atoms with Crippen molar-refractivity contribution in [3.63, 3.8) is 0 Å². The van der Waals surface area contributed by atoms with Crippen LogP contribution in [0.1, 0.15) is 0 Å². The highest BCUT2D eigenvalue weighted by Crippen LogP contribution is 2.47. The molecule has 2 aliphatic rings. The second-order valence-electron chi connectivity index (χ2n) is 18.9. The van der Waals surface area contributed by atoms with Crippen LogP contribution in [0.2, 0.25) is 13.1 Å². The number of benzene rings is 9. The molecule has 1 aliphatic carbocycles. The molecule has 0 fully saturated rings. The number of ether oxygens (including phenoxy) is 1. The van der Waals surface area contributed by atoms with Crippen molar-refractivity contribution in [1.82, 2.24) is 18.9 Å². The third-order valence-corrected chi connectivity index (χ3v) is 23.2. The molecule has 0 saturated heterocycles. The number of nitrogens with zero attached hydrogens (tertiary/aromatic N) is 4. The predicted octanol–water partition coefficient (Wildman–Crippen LogP) is 11.1. The van der Waals surface area contributed by atoms with Gasteiger partial charge in [0.15, 0.2) is 8.07 Å². The Morgan fingerprint density at radius 2 is 1.06 bits per heavy atom. The van der Waals surface area contributed by atoms with Gasteiger partial charge in [-0.15, -0.1) is 0 Å². The number of hydrogen-bond donors (Lipinski definition) is 0. The molecule has 0 N–H and O–H groups in total. The largest absolute Gasteiger partial charge is 0.458 e. The molecule has 0 unspecified atom stereocenters. The smallest absolute Gasteiger partial charge is 0.220 e. The van der Waals surface area contributed by atoms with Crippen molar-refractivity contribution < 1.29 is 4.74 Å². The van der Waals surface area contributed by atoms with E-state index in [1.54, 1.807) is 0 Å². The van der Waals surface area contributed by atoms with Crippen molar-refractivity contribution in [2.75, 3.05) is 0 Å². The molecule has 0 bridgehead atoms. The lowest BCUT2D eigenvalue weighted by molar-refractivity contribution is 0.490. The minimum absolute atomic E-state index is 0.903. The summed E-state index contributed by atoms with van der Waals surface area (Å²) in [6.45, 7) is 4.99. The van der Waals surface area contributed by atoms with Gasteiger partial charge in [0.25, 0.3) is 0 Å². The monoisotopic (exact) mass is 916 g/mol. The van der Waals surface area contributed by atoms with E-state index in [1.807, 2.05) is 6.20 Å². The van der Waals surface area contributed by atoms with Crippen molar-refractivity contribution in [2.45, 2.75) is 13.1 Å². The van der Waals surface area contributed by atoms with Crippen LogP contribution in [0.5, 0.6) is 11.5 Å². The van der Waals surface area contributed by atoms with Gasteiger partial charge in [-0.25, -0.2) is 4.98 Å². The van der Waals surface area contributed by atoms with Gasteiger partial charge >= 0.3 is 0 Å². The molecule has 9 aromatic carbocycles. The quantitative estimate of drug-likeness (QED) is 0.128. The maximum Gasteiger partial charge on any atom is 0.220 e. The summed E-state index contributed by atoms with van der Waals surface area (Å²) >= 11 is 0. The van der Waals surface area contributed by atoms with Crippen LogP contribution >= 0.6 is 0 Å². The number of hydrogen-bond acceptors (Lipinski definition) is 3. The molecule has 0 amide bonds. The number of imidazole rings is 2. The van der Waals surface area contributed by atoms with E-state index >= 15 is 0 Å². The Morgan fingerprint density at radius 3 is 1.78 bits per heavy atom. The lowest BCUT2D eigenvalue weighted by Gasteiger charge is -2.40. The molecular weight excluding hydrogens is 873 g/mol. The van der Waals surface area contributed by atoms with Crippen LogP contribution < -0.4 is 35.9 Å². The molecule has 12 aromatic rings. The Kier molecular flexibility index (Phi) is 8.69. The van der Waals surface area contributed by atoms with Gasteiger partial charge in [0.05, 0.1) is 27.8 Å². The van der Waals surface area contributed by atoms with E-state index in [-0.39, 0.29) is 0 Å². The van der Waals surface area contributed by atoms with Crippen molar-refractivity contribution in [2.24, 2.45) is 0 Å². The Labute approximate surface area is 402 Å². The molecule has 7 heteroatoms. The zero-order chi connectivity index (χ0) is 45.8. The number of aromatic nitrogens is 4. The summed E-state index contributed by atoms with van der Waals surface area (Å²) in [5.74, 6) is 2.82. The molecule has 0 radical (unpaired) electrons. The first-order chi connectivity index (χ1) is 34.0. The van der Waals surface area contributed by atoms with Crippen molar-refractivity contribution >= 4 is 75.1 Å². The van der Waals surface area contributed by atoms with Crippen molar-refractivity contribution in [3.05, 3.63) is 231 Å². The first-order valence-electron chi connectivity index (χ1n) is 23.7. The topological polar surface area (TPSA) is 44.4 Å². The standard InChI is InChI=1S/C62H44N4OSi2/c1-68(2)57-32-17-33-58(61(57)67-56-37-34-41(39-59(56)68)65-54-30-15-16-31-55(54)66-53-29-14-13-28-52(53)64-62(65)66)69(42-19-5-3-6-20-42,43-21-7-4-8-22-43)44-35-36-50-51(40-44)48-26-12-10-24-46(48)45-23-9-11-25-47(45)49-27-18-38-63-60(49)50/h3-40H,1-2H3. The normalized spacial score (nSPS) is 13.3. The Hall–Kier alpha value is -8.37. The van der Waals surface area contributed by atoms with E-state index in [0.29, 0.717) is 0 Å². The fourth-order valence-electron chi connectivity index (χ4n) is 11.8. The lowest BCUT2D eigenvalue weighted by Crippen LogP contribution is -2.75. The first kappa shape index (κ1) is 39.8. The molecule has 1 aliphatic heterocycles. The zero-order valence-corrected chi connectivity index (χ0v) is 40.1. The van der Waals surface area contributed by atoms with E-state index in [2.05, 4.69) is 247 Å². The van der Waals surface area contributed by atoms with Crippen LogP contribution in [0.4, 0.5) is 0 Å². The van der Waals surface area contributed by atoms with Crippen molar-refractivity contribution in [1.29, 1.82) is 0 Å². The highest BCUT2D eigenvalue weighted by Gasteiger charge is 2.47. The molecule has 5 nitrogen and oxygen atoms in total. The predicted molar refractivity (Wildman–Crippen MR) is 290 cm³/mol. The van der Waals surface area contributed by atoms with Gasteiger partial charge in [0.1, 0.15) is 19.6 Å². The summed E-state index contributed by atoms with van der Waals surface area (Å²) < 4.78 is 12.1. The van der Waals surface area contributed by atoms with Crippen molar-refractivity contribution in [3.8, 4) is 61.8 Å². The molecule has 4 heterocycles. The molecule has 326 valence electrons. The summed E-state index contributed by atoms with van der Waals surface area (Å²) in [7, 11) is -5.67. The number of pyridine rings is 1. The molecule has 3 aromatic heterocycles. The van der Waals surface area contributed by atoms with E-state index in [0.717, 1.165) is 61.9 Å². The Bertz CT molecular complexity index is 4000. The number of para-hydroxylation sites is 5. The van der Waals surface area contributed by atoms with Gasteiger partial charge in [0.2, 0.25) is 5.78 Å². The maximum absolute atomic E-state index is 7.53. The van der Waals surface area contributed by atoms with Gasteiger partial charge in [-0.05, 0) is 107 Å². The Balaban J connectivity index is 1.01. The summed E-state index contributed by atoms with van der Waals surface area (Å²) in [6.07, 6.45) is 1.93. The van der Waals surface area contributed by atoms with Crippen LogP contribution in [-0.2, 0) is 0 Å². The van der Waals surface area contributed by atoms with E-state index in [1.165, 1.54) is 58.9 Å². The summed E-state index contributed by atoms with van der Waals surface area (Å²) in [6, 6.07) is 82.6.